The number of halogens is 3. The van der Waals surface area contributed by atoms with Crippen LogP contribution in [0.2, 0.25) is 5.02 Å². The van der Waals surface area contributed by atoms with E-state index in [0.29, 0.717) is 31.5 Å². The summed E-state index contributed by atoms with van der Waals surface area (Å²) in [6.45, 7) is 8.50. The lowest BCUT2D eigenvalue weighted by Crippen LogP contribution is -2.47. The number of hydrogen-bond acceptors (Lipinski definition) is 7. The molecular weight excluding hydrogens is 572 g/mol. The highest BCUT2D eigenvalue weighted by Crippen LogP contribution is 2.35. The fraction of sp³-hybridized carbons (Fsp3) is 0.500. The molecule has 2 aliphatic rings. The Morgan fingerprint density at radius 3 is 2.29 bits per heavy atom. The van der Waals surface area contributed by atoms with Crippen molar-refractivity contribution in [2.45, 2.75) is 58.1 Å². The normalized spacial score (nSPS) is 19.8. The summed E-state index contributed by atoms with van der Waals surface area (Å²) >= 11 is 5.93. The Labute approximate surface area is 249 Å². The number of benzene rings is 2. The Hall–Kier alpha value is -3.44. The van der Waals surface area contributed by atoms with Crippen LogP contribution in [0.1, 0.15) is 52.0 Å². The largest absolute Gasteiger partial charge is 0.528 e. The summed E-state index contributed by atoms with van der Waals surface area (Å²) in [7, 11) is 0. The monoisotopic (exact) mass is 607 g/mol. The molecule has 0 saturated carbocycles. The molecule has 42 heavy (non-hydrogen) atoms. The Morgan fingerprint density at radius 2 is 1.69 bits per heavy atom. The average Bonchev–Trinajstić information content (AvgIpc) is 3.36. The van der Waals surface area contributed by atoms with Gasteiger partial charge in [-0.3, -0.25) is 4.79 Å². The summed E-state index contributed by atoms with van der Waals surface area (Å²) in [5, 5.41) is 1.47. The average molecular weight is 608 g/mol. The lowest BCUT2D eigenvalue weighted by molar-refractivity contribution is -0.161. The van der Waals surface area contributed by atoms with E-state index in [4.69, 9.17) is 25.9 Å². The summed E-state index contributed by atoms with van der Waals surface area (Å²) < 4.78 is 38.5. The third kappa shape index (κ3) is 7.89. The first-order chi connectivity index (χ1) is 19.8. The highest BCUT2D eigenvalue weighted by molar-refractivity contribution is 6.30. The molecule has 9 nitrogen and oxygen atoms in total. The molecule has 0 unspecified atom stereocenters. The SMILES string of the molecule is CCN(C(=O)Oc1ccc(F)cc1)[C@@H]1CN(C(=O)C2CCN(OC(=O)OC(C)(C)C)CC2)C[C@H]1c1ccc(Cl)c(F)c1. The zero-order chi connectivity index (χ0) is 30.6. The van der Waals surface area contributed by atoms with E-state index in [-0.39, 0.29) is 42.2 Å². The van der Waals surface area contributed by atoms with Crippen LogP contribution in [-0.2, 0) is 14.4 Å². The van der Waals surface area contributed by atoms with Gasteiger partial charge in [-0.15, -0.1) is 5.06 Å². The van der Waals surface area contributed by atoms with Crippen molar-refractivity contribution in [2.75, 3.05) is 32.7 Å². The Morgan fingerprint density at radius 1 is 1.02 bits per heavy atom. The molecule has 0 spiro atoms. The molecule has 0 radical (unpaired) electrons. The minimum Gasteiger partial charge on any atom is -0.427 e. The number of amides is 2. The van der Waals surface area contributed by atoms with Crippen LogP contribution in [0.3, 0.4) is 0 Å². The predicted molar refractivity (Wildman–Crippen MR) is 151 cm³/mol. The van der Waals surface area contributed by atoms with Crippen LogP contribution in [0.15, 0.2) is 42.5 Å². The van der Waals surface area contributed by atoms with E-state index in [1.165, 1.54) is 46.4 Å². The molecule has 2 atom stereocenters. The smallest absolute Gasteiger partial charge is 0.427 e. The number of rotatable bonds is 6. The van der Waals surface area contributed by atoms with Gasteiger partial charge in [-0.1, -0.05) is 17.7 Å². The number of hydrogen-bond donors (Lipinski definition) is 0. The van der Waals surface area contributed by atoms with Crippen molar-refractivity contribution in [3.63, 3.8) is 0 Å². The second-order valence-corrected chi connectivity index (χ2v) is 11.9. The first kappa shape index (κ1) is 31.5. The van der Waals surface area contributed by atoms with Gasteiger partial charge in [-0.05, 0) is 82.5 Å². The molecule has 2 saturated heterocycles. The van der Waals surface area contributed by atoms with E-state index >= 15 is 0 Å². The fourth-order valence-electron chi connectivity index (χ4n) is 5.34. The number of ether oxygens (including phenoxy) is 2. The number of likely N-dealkylation sites (tertiary alicyclic amines) is 1. The highest BCUT2D eigenvalue weighted by Gasteiger charge is 2.43. The van der Waals surface area contributed by atoms with Gasteiger partial charge in [-0.25, -0.2) is 18.4 Å². The number of hydroxylamine groups is 2. The number of carbonyl (C=O) groups is 3. The standard InChI is InChI=1S/C30H36ClF2N3O6/c1-5-36(28(38)40-22-9-7-21(32)8-10-22)26-18-34(17-23(26)20-6-11-24(31)25(33)16-20)27(37)19-12-14-35(15-13-19)42-29(39)41-30(2,3)4/h6-11,16,19,23,26H,5,12-15,17-18H2,1-4H3/t23-,26+/m0/s1. The predicted octanol–water partition coefficient (Wildman–Crippen LogP) is 6.01. The Kier molecular flexibility index (Phi) is 9.93. The van der Waals surface area contributed by atoms with Gasteiger partial charge < -0.3 is 24.1 Å². The van der Waals surface area contributed by atoms with Crippen molar-refractivity contribution >= 4 is 29.8 Å². The van der Waals surface area contributed by atoms with Crippen molar-refractivity contribution in [3.05, 3.63) is 64.7 Å². The first-order valence-corrected chi connectivity index (χ1v) is 14.4. The minimum absolute atomic E-state index is 0.0235. The van der Waals surface area contributed by atoms with E-state index < -0.39 is 41.4 Å². The molecule has 0 bridgehead atoms. The Balaban J connectivity index is 1.47. The summed E-state index contributed by atoms with van der Waals surface area (Å²) in [4.78, 5) is 47.4. The summed E-state index contributed by atoms with van der Waals surface area (Å²) in [6.07, 6.45) is -0.518. The number of likely N-dealkylation sites (N-methyl/N-ethyl adjacent to an activating group) is 1. The third-order valence-corrected chi connectivity index (χ3v) is 7.67. The lowest BCUT2D eigenvalue weighted by Gasteiger charge is -2.32. The van der Waals surface area contributed by atoms with Gasteiger partial charge in [-0.2, -0.15) is 0 Å². The molecule has 2 amide bonds. The van der Waals surface area contributed by atoms with Gasteiger partial charge in [0.15, 0.2) is 0 Å². The molecule has 12 heteroatoms. The topological polar surface area (TPSA) is 88.6 Å². The maximum Gasteiger partial charge on any atom is 0.528 e. The first-order valence-electron chi connectivity index (χ1n) is 14.0. The van der Waals surface area contributed by atoms with Gasteiger partial charge >= 0.3 is 12.2 Å². The summed E-state index contributed by atoms with van der Waals surface area (Å²) in [5.41, 5.74) is -0.0789. The fourth-order valence-corrected chi connectivity index (χ4v) is 5.46. The van der Waals surface area contributed by atoms with Crippen molar-refractivity contribution in [1.82, 2.24) is 14.9 Å². The van der Waals surface area contributed by atoms with Crippen molar-refractivity contribution in [3.8, 4) is 5.75 Å². The molecule has 228 valence electrons. The Bertz CT molecular complexity index is 1280. The molecule has 2 aromatic carbocycles. The minimum atomic E-state index is -0.792. The summed E-state index contributed by atoms with van der Waals surface area (Å²) in [6, 6.07) is 9.08. The van der Waals surface area contributed by atoms with Crippen LogP contribution < -0.4 is 4.74 Å². The lowest BCUT2D eigenvalue weighted by atomic mass is 9.93. The number of carbonyl (C=O) groups excluding carboxylic acids is 3. The molecule has 4 rings (SSSR count). The molecule has 2 aliphatic heterocycles. The van der Waals surface area contributed by atoms with Gasteiger partial charge in [0.2, 0.25) is 5.91 Å². The van der Waals surface area contributed by atoms with Crippen molar-refractivity contribution in [2.24, 2.45) is 5.92 Å². The van der Waals surface area contributed by atoms with Gasteiger partial charge in [0.05, 0.1) is 11.1 Å². The van der Waals surface area contributed by atoms with Crippen molar-refractivity contribution in [1.29, 1.82) is 0 Å². The highest BCUT2D eigenvalue weighted by atomic mass is 35.5. The van der Waals surface area contributed by atoms with E-state index in [1.54, 1.807) is 38.7 Å². The molecule has 2 aromatic rings. The molecule has 2 heterocycles. The molecule has 0 N–H and O–H groups in total. The van der Waals surface area contributed by atoms with Crippen molar-refractivity contribution < 1.29 is 37.5 Å². The van der Waals surface area contributed by atoms with Crippen LogP contribution in [-0.4, -0.2) is 77.4 Å². The molecule has 0 aromatic heterocycles. The number of nitrogens with zero attached hydrogens (tertiary/aromatic N) is 3. The van der Waals surface area contributed by atoms with E-state index in [0.717, 1.165) is 0 Å². The van der Waals surface area contributed by atoms with E-state index in [9.17, 15) is 23.2 Å². The second-order valence-electron chi connectivity index (χ2n) is 11.5. The van der Waals surface area contributed by atoms with Crippen LogP contribution in [0.4, 0.5) is 18.4 Å². The number of piperidine rings is 1. The second kappa shape index (κ2) is 13.2. The third-order valence-electron chi connectivity index (χ3n) is 7.36. The molecular formula is C30H36ClF2N3O6. The van der Waals surface area contributed by atoms with E-state index in [2.05, 4.69) is 0 Å². The van der Waals surface area contributed by atoms with Crippen LogP contribution in [0, 0.1) is 17.6 Å². The van der Waals surface area contributed by atoms with Crippen LogP contribution >= 0.6 is 11.6 Å². The van der Waals surface area contributed by atoms with Gasteiger partial charge in [0.1, 0.15) is 23.0 Å². The molecule has 0 aliphatic carbocycles. The molecule has 2 fully saturated rings. The maximum absolute atomic E-state index is 14.5. The van der Waals surface area contributed by atoms with Crippen LogP contribution in [0.5, 0.6) is 5.75 Å². The quantitative estimate of drug-likeness (QED) is 0.372. The van der Waals surface area contributed by atoms with Gasteiger partial charge in [0.25, 0.3) is 0 Å². The summed E-state index contributed by atoms with van der Waals surface area (Å²) in [5.74, 6) is -1.67. The van der Waals surface area contributed by atoms with E-state index in [1.807, 2.05) is 0 Å². The van der Waals surface area contributed by atoms with Crippen LogP contribution in [0.25, 0.3) is 0 Å². The maximum atomic E-state index is 14.5. The zero-order valence-corrected chi connectivity index (χ0v) is 24.9. The van der Waals surface area contributed by atoms with Gasteiger partial charge in [0, 0.05) is 44.6 Å². The zero-order valence-electron chi connectivity index (χ0n) is 24.1.